The highest BCUT2D eigenvalue weighted by molar-refractivity contribution is 5.32. The summed E-state index contributed by atoms with van der Waals surface area (Å²) in [6, 6.07) is 6.57. The molecule has 1 N–H and O–H groups in total. The maximum Gasteiger partial charge on any atom is 0.165 e. The van der Waals surface area contributed by atoms with Crippen LogP contribution in [0, 0.1) is 22.6 Å². The Morgan fingerprint density at radius 2 is 2.11 bits per heavy atom. The molecule has 0 aromatic heterocycles. The van der Waals surface area contributed by atoms with Crippen LogP contribution in [0.3, 0.4) is 0 Å². The van der Waals surface area contributed by atoms with E-state index in [-0.39, 0.29) is 5.75 Å². The molecule has 1 aromatic rings. The number of rotatable bonds is 3. The number of hydrogen-bond donors (Lipinski definition) is 1. The summed E-state index contributed by atoms with van der Waals surface area (Å²) in [5, 5.41) is 19.6. The van der Waals surface area contributed by atoms with Crippen LogP contribution >= 0.6 is 0 Å². The van der Waals surface area contributed by atoms with E-state index in [0.29, 0.717) is 18.4 Å². The first kappa shape index (κ1) is 12.8. The van der Waals surface area contributed by atoms with Gasteiger partial charge in [0.2, 0.25) is 0 Å². The first-order valence-electron chi connectivity index (χ1n) is 6.06. The van der Waals surface area contributed by atoms with Crippen LogP contribution in [0.15, 0.2) is 18.2 Å². The summed E-state index contributed by atoms with van der Waals surface area (Å²) in [6.07, 6.45) is 2.26. The number of benzene rings is 1. The van der Waals surface area contributed by atoms with Crippen molar-refractivity contribution in [3.8, 4) is 11.8 Å². The van der Waals surface area contributed by atoms with Gasteiger partial charge in [-0.1, -0.05) is 18.9 Å². The Morgan fingerprint density at radius 3 is 2.61 bits per heavy atom. The van der Waals surface area contributed by atoms with Crippen molar-refractivity contribution in [2.45, 2.75) is 31.8 Å². The fraction of sp³-hybridized carbons (Fsp3) is 0.500. The predicted octanol–water partition coefficient (Wildman–Crippen LogP) is 2.95. The zero-order valence-corrected chi connectivity index (χ0v) is 10.3. The van der Waals surface area contributed by atoms with Crippen molar-refractivity contribution in [1.82, 2.24) is 0 Å². The van der Waals surface area contributed by atoms with Crippen LogP contribution in [-0.2, 0) is 0 Å². The lowest BCUT2D eigenvalue weighted by molar-refractivity contribution is 0.0667. The van der Waals surface area contributed by atoms with E-state index < -0.39 is 17.3 Å². The van der Waals surface area contributed by atoms with Crippen molar-refractivity contribution in [2.24, 2.45) is 5.41 Å². The summed E-state index contributed by atoms with van der Waals surface area (Å²) in [7, 11) is 1.39. The number of halogens is 1. The maximum atomic E-state index is 13.6. The van der Waals surface area contributed by atoms with Crippen LogP contribution in [0.5, 0.6) is 5.75 Å². The Bertz CT molecular complexity index is 475. The van der Waals surface area contributed by atoms with Gasteiger partial charge in [0.1, 0.15) is 0 Å². The van der Waals surface area contributed by atoms with Gasteiger partial charge in [-0.2, -0.15) is 5.26 Å². The molecule has 0 bridgehead atoms. The zero-order valence-electron chi connectivity index (χ0n) is 10.3. The molecule has 0 saturated heterocycles. The van der Waals surface area contributed by atoms with Crippen LogP contribution in [0.25, 0.3) is 0 Å². The third kappa shape index (κ3) is 2.06. The highest BCUT2D eigenvalue weighted by Gasteiger charge is 2.41. The standard InChI is InChI=1S/C14H16FNO2/c1-18-12-5-4-10(8-11(12)15)13(17)14(9-16)6-2-3-7-14/h4-5,8,13,17H,2-3,6-7H2,1H3. The second-order valence-electron chi connectivity index (χ2n) is 4.77. The number of methoxy groups -OCH3 is 1. The van der Waals surface area contributed by atoms with Gasteiger partial charge in [-0.25, -0.2) is 4.39 Å². The van der Waals surface area contributed by atoms with Crippen LogP contribution in [0.2, 0.25) is 0 Å². The molecule has 96 valence electrons. The normalized spacial score (nSPS) is 19.2. The molecular weight excluding hydrogens is 233 g/mol. The monoisotopic (exact) mass is 249 g/mol. The molecule has 0 radical (unpaired) electrons. The summed E-state index contributed by atoms with van der Waals surface area (Å²) in [4.78, 5) is 0. The molecular formula is C14H16FNO2. The van der Waals surface area contributed by atoms with Crippen molar-refractivity contribution in [2.75, 3.05) is 7.11 Å². The number of aliphatic hydroxyl groups is 1. The van der Waals surface area contributed by atoms with E-state index in [1.807, 2.05) is 0 Å². The van der Waals surface area contributed by atoms with Gasteiger partial charge in [0, 0.05) is 0 Å². The van der Waals surface area contributed by atoms with E-state index in [1.165, 1.54) is 19.2 Å². The molecule has 1 aromatic carbocycles. The number of hydrogen-bond acceptors (Lipinski definition) is 3. The van der Waals surface area contributed by atoms with Gasteiger partial charge in [0.15, 0.2) is 11.6 Å². The third-order valence-electron chi connectivity index (χ3n) is 3.73. The number of ether oxygens (including phenoxy) is 1. The van der Waals surface area contributed by atoms with Gasteiger partial charge in [-0.15, -0.1) is 0 Å². The molecule has 3 nitrogen and oxygen atoms in total. The van der Waals surface area contributed by atoms with Gasteiger partial charge in [-0.05, 0) is 30.5 Å². The predicted molar refractivity (Wildman–Crippen MR) is 64.4 cm³/mol. The van der Waals surface area contributed by atoms with E-state index in [2.05, 4.69) is 6.07 Å². The van der Waals surface area contributed by atoms with Crippen molar-refractivity contribution >= 4 is 0 Å². The molecule has 1 saturated carbocycles. The number of nitrogens with zero attached hydrogens (tertiary/aromatic N) is 1. The van der Waals surface area contributed by atoms with E-state index >= 15 is 0 Å². The van der Waals surface area contributed by atoms with Crippen LogP contribution in [0.1, 0.15) is 37.4 Å². The summed E-state index contributed by atoms with van der Waals surface area (Å²) in [6.45, 7) is 0. The summed E-state index contributed by atoms with van der Waals surface area (Å²) < 4.78 is 18.4. The Kier molecular flexibility index (Phi) is 3.53. The molecule has 1 atom stereocenters. The second kappa shape index (κ2) is 4.95. The Hall–Kier alpha value is -1.60. The van der Waals surface area contributed by atoms with Crippen LogP contribution < -0.4 is 4.74 Å². The number of aliphatic hydroxyl groups excluding tert-OH is 1. The first-order valence-corrected chi connectivity index (χ1v) is 6.06. The van der Waals surface area contributed by atoms with Gasteiger partial charge < -0.3 is 9.84 Å². The van der Waals surface area contributed by atoms with Crippen molar-refractivity contribution in [3.05, 3.63) is 29.6 Å². The lowest BCUT2D eigenvalue weighted by atomic mass is 9.79. The SMILES string of the molecule is COc1ccc(C(O)C2(C#N)CCCC2)cc1F. The fourth-order valence-electron chi connectivity index (χ4n) is 2.62. The molecule has 0 spiro atoms. The Morgan fingerprint density at radius 1 is 1.44 bits per heavy atom. The highest BCUT2D eigenvalue weighted by atomic mass is 19.1. The van der Waals surface area contributed by atoms with E-state index in [9.17, 15) is 14.8 Å². The third-order valence-corrected chi connectivity index (χ3v) is 3.73. The summed E-state index contributed by atoms with van der Waals surface area (Å²) >= 11 is 0. The smallest absolute Gasteiger partial charge is 0.165 e. The average Bonchev–Trinajstić information content (AvgIpc) is 2.87. The van der Waals surface area contributed by atoms with Crippen molar-refractivity contribution < 1.29 is 14.2 Å². The molecule has 1 aliphatic carbocycles. The molecule has 1 unspecified atom stereocenters. The highest BCUT2D eigenvalue weighted by Crippen LogP contribution is 2.47. The molecule has 0 amide bonds. The van der Waals surface area contributed by atoms with Crippen LogP contribution in [-0.4, -0.2) is 12.2 Å². The van der Waals surface area contributed by atoms with Crippen LogP contribution in [0.4, 0.5) is 4.39 Å². The van der Waals surface area contributed by atoms with E-state index in [1.54, 1.807) is 6.07 Å². The molecule has 1 aliphatic rings. The minimum absolute atomic E-state index is 0.142. The Balaban J connectivity index is 2.31. The zero-order chi connectivity index (χ0) is 13.2. The minimum Gasteiger partial charge on any atom is -0.494 e. The lowest BCUT2D eigenvalue weighted by Gasteiger charge is -2.27. The van der Waals surface area contributed by atoms with E-state index in [4.69, 9.17) is 4.74 Å². The Labute approximate surface area is 106 Å². The van der Waals surface area contributed by atoms with Gasteiger partial charge in [0.05, 0.1) is 24.7 Å². The minimum atomic E-state index is -0.939. The van der Waals surface area contributed by atoms with E-state index in [0.717, 1.165) is 12.8 Å². The second-order valence-corrected chi connectivity index (χ2v) is 4.77. The molecule has 1 fully saturated rings. The van der Waals surface area contributed by atoms with Gasteiger partial charge >= 0.3 is 0 Å². The van der Waals surface area contributed by atoms with Gasteiger partial charge in [-0.3, -0.25) is 0 Å². The molecule has 4 heteroatoms. The molecule has 18 heavy (non-hydrogen) atoms. The van der Waals surface area contributed by atoms with Crippen molar-refractivity contribution in [1.29, 1.82) is 5.26 Å². The van der Waals surface area contributed by atoms with Gasteiger partial charge in [0.25, 0.3) is 0 Å². The number of nitriles is 1. The first-order chi connectivity index (χ1) is 8.63. The lowest BCUT2D eigenvalue weighted by Crippen LogP contribution is -2.24. The maximum absolute atomic E-state index is 13.6. The molecule has 0 aliphatic heterocycles. The fourth-order valence-corrected chi connectivity index (χ4v) is 2.62. The molecule has 2 rings (SSSR count). The quantitative estimate of drug-likeness (QED) is 0.896. The average molecular weight is 249 g/mol. The topological polar surface area (TPSA) is 53.2 Å². The summed E-state index contributed by atoms with van der Waals surface area (Å²) in [5.41, 5.74) is -0.321. The largest absolute Gasteiger partial charge is 0.494 e. The molecule has 0 heterocycles. The summed E-state index contributed by atoms with van der Waals surface area (Å²) in [5.74, 6) is -0.372. The van der Waals surface area contributed by atoms with Crippen molar-refractivity contribution in [3.63, 3.8) is 0 Å².